The molecule has 3 fully saturated rings. The fourth-order valence-corrected chi connectivity index (χ4v) is 7.75. The topological polar surface area (TPSA) is 52.6 Å². The van der Waals surface area contributed by atoms with Gasteiger partial charge in [-0.3, -0.25) is 9.59 Å². The summed E-state index contributed by atoms with van der Waals surface area (Å²) in [4.78, 5) is 24.0. The summed E-state index contributed by atoms with van der Waals surface area (Å²) < 4.78 is 11.9. The van der Waals surface area contributed by atoms with E-state index >= 15 is 0 Å². The van der Waals surface area contributed by atoms with Crippen molar-refractivity contribution in [2.24, 2.45) is 28.1 Å². The van der Waals surface area contributed by atoms with Crippen molar-refractivity contribution in [2.45, 2.75) is 85.4 Å². The van der Waals surface area contributed by atoms with Crippen LogP contribution in [0.3, 0.4) is 0 Å². The van der Waals surface area contributed by atoms with Gasteiger partial charge in [0, 0.05) is 25.2 Å². The SMILES string of the molecule is C=C1[C@@H]2CC=C3[C@](C2)(C[C@H](OC(C)=O)[C@@H]2C(C)(C)CCC[C@@]32C)[C@@H]1OC(C)=O. The molecule has 1 spiro atoms. The second kappa shape index (κ2) is 6.21. The Morgan fingerprint density at radius 1 is 1.07 bits per heavy atom. The average Bonchev–Trinajstić information content (AvgIpc) is 2.73. The Bertz CT molecular complexity index is 763. The molecular weight excluding hydrogens is 352 g/mol. The third-order valence-electron chi connectivity index (χ3n) is 8.32. The first-order valence-corrected chi connectivity index (χ1v) is 10.8. The molecule has 4 aliphatic rings. The molecule has 154 valence electrons. The predicted octanol–water partition coefficient (Wildman–Crippen LogP) is 4.98. The van der Waals surface area contributed by atoms with Gasteiger partial charge in [-0.05, 0) is 54.4 Å². The second-order valence-corrected chi connectivity index (χ2v) is 10.6. The van der Waals surface area contributed by atoms with Crippen LogP contribution >= 0.6 is 0 Å². The normalized spacial score (nSPS) is 43.5. The fourth-order valence-electron chi connectivity index (χ4n) is 7.75. The van der Waals surface area contributed by atoms with E-state index in [1.807, 2.05) is 0 Å². The summed E-state index contributed by atoms with van der Waals surface area (Å²) in [5, 5.41) is 0. The van der Waals surface area contributed by atoms with E-state index in [4.69, 9.17) is 9.47 Å². The van der Waals surface area contributed by atoms with E-state index in [9.17, 15) is 9.59 Å². The number of carbonyl (C=O) groups is 2. The van der Waals surface area contributed by atoms with Crippen molar-refractivity contribution in [3.05, 3.63) is 23.8 Å². The molecule has 3 saturated carbocycles. The maximum Gasteiger partial charge on any atom is 0.303 e. The maximum absolute atomic E-state index is 12.0. The van der Waals surface area contributed by atoms with Gasteiger partial charge in [0.25, 0.3) is 0 Å². The highest BCUT2D eigenvalue weighted by atomic mass is 16.6. The van der Waals surface area contributed by atoms with Crippen molar-refractivity contribution < 1.29 is 19.1 Å². The van der Waals surface area contributed by atoms with Crippen LogP contribution in [-0.4, -0.2) is 24.1 Å². The zero-order valence-corrected chi connectivity index (χ0v) is 18.0. The molecule has 0 heterocycles. The minimum atomic E-state index is -0.301. The highest BCUT2D eigenvalue weighted by Crippen LogP contribution is 2.71. The lowest BCUT2D eigenvalue weighted by atomic mass is 9.43. The lowest BCUT2D eigenvalue weighted by Crippen LogP contribution is -2.60. The lowest BCUT2D eigenvalue weighted by Gasteiger charge is -2.63. The average molecular weight is 387 g/mol. The zero-order chi connectivity index (χ0) is 20.5. The molecule has 4 rings (SSSR count). The summed E-state index contributed by atoms with van der Waals surface area (Å²) in [7, 11) is 0. The van der Waals surface area contributed by atoms with Crippen molar-refractivity contribution in [1.29, 1.82) is 0 Å². The Balaban J connectivity index is 1.87. The summed E-state index contributed by atoms with van der Waals surface area (Å²) in [6, 6.07) is 0. The Morgan fingerprint density at radius 3 is 2.39 bits per heavy atom. The largest absolute Gasteiger partial charge is 0.462 e. The van der Waals surface area contributed by atoms with Crippen LogP contribution in [0.25, 0.3) is 0 Å². The van der Waals surface area contributed by atoms with E-state index in [1.54, 1.807) is 0 Å². The van der Waals surface area contributed by atoms with Crippen molar-refractivity contribution in [3.63, 3.8) is 0 Å². The Labute approximate surface area is 168 Å². The van der Waals surface area contributed by atoms with E-state index < -0.39 is 0 Å². The van der Waals surface area contributed by atoms with E-state index in [1.165, 1.54) is 25.8 Å². The minimum Gasteiger partial charge on any atom is -0.462 e. The number of esters is 2. The Kier molecular flexibility index (Phi) is 4.37. The van der Waals surface area contributed by atoms with Gasteiger partial charge in [0.05, 0.1) is 0 Å². The molecule has 0 aromatic heterocycles. The first-order valence-electron chi connectivity index (χ1n) is 10.8. The third-order valence-corrected chi connectivity index (χ3v) is 8.32. The standard InChI is InChI=1S/C24H34O4/c1-14-17-8-9-19-23(6)11-7-10-22(4,5)20(23)18(27-15(2)25)13-24(19,12-17)21(14)28-16(3)26/h9,17-18,20-21H,1,7-8,10-13H2,2-6H3/t17-,18+,20-,21-,23+,24+/m1/s1. The third kappa shape index (κ3) is 2.63. The van der Waals surface area contributed by atoms with Crippen LogP contribution in [0.15, 0.2) is 23.8 Å². The summed E-state index contributed by atoms with van der Waals surface area (Å²) in [5.41, 5.74) is 2.26. The van der Waals surface area contributed by atoms with Crippen LogP contribution < -0.4 is 0 Å². The highest BCUT2D eigenvalue weighted by molar-refractivity contribution is 5.67. The summed E-state index contributed by atoms with van der Waals surface area (Å²) >= 11 is 0. The molecule has 0 aromatic rings. The van der Waals surface area contributed by atoms with Gasteiger partial charge in [-0.25, -0.2) is 0 Å². The summed E-state index contributed by atoms with van der Waals surface area (Å²) in [6.45, 7) is 14.4. The van der Waals surface area contributed by atoms with Crippen LogP contribution in [0.5, 0.6) is 0 Å². The van der Waals surface area contributed by atoms with Crippen LogP contribution in [0.1, 0.15) is 73.1 Å². The summed E-state index contributed by atoms with van der Waals surface area (Å²) in [6.07, 6.45) is 8.05. The molecule has 0 radical (unpaired) electrons. The zero-order valence-electron chi connectivity index (χ0n) is 18.0. The van der Waals surface area contributed by atoms with Crippen LogP contribution in [0, 0.1) is 28.1 Å². The van der Waals surface area contributed by atoms with Gasteiger partial charge in [-0.1, -0.05) is 45.4 Å². The molecule has 6 atom stereocenters. The number of carbonyl (C=O) groups excluding carboxylic acids is 2. The van der Waals surface area contributed by atoms with Crippen LogP contribution in [0.4, 0.5) is 0 Å². The number of fused-ring (bicyclic) bond motifs is 3. The molecule has 0 unspecified atom stereocenters. The molecule has 4 heteroatoms. The molecule has 28 heavy (non-hydrogen) atoms. The van der Waals surface area contributed by atoms with E-state index in [0.29, 0.717) is 5.92 Å². The van der Waals surface area contributed by atoms with Gasteiger partial charge < -0.3 is 9.47 Å². The highest BCUT2D eigenvalue weighted by Gasteiger charge is 2.67. The molecule has 0 aromatic carbocycles. The maximum atomic E-state index is 12.0. The number of ether oxygens (including phenoxy) is 2. The number of rotatable bonds is 2. The van der Waals surface area contributed by atoms with Crippen molar-refractivity contribution in [2.75, 3.05) is 0 Å². The van der Waals surface area contributed by atoms with Gasteiger partial charge in [0.1, 0.15) is 12.2 Å². The van der Waals surface area contributed by atoms with Crippen molar-refractivity contribution >= 4 is 11.9 Å². The number of hydrogen-bond acceptors (Lipinski definition) is 4. The van der Waals surface area contributed by atoms with Crippen LogP contribution in [0.2, 0.25) is 0 Å². The molecule has 2 bridgehead atoms. The molecular formula is C24H34O4. The van der Waals surface area contributed by atoms with Gasteiger partial charge in [0.15, 0.2) is 0 Å². The van der Waals surface area contributed by atoms with Gasteiger partial charge in [0.2, 0.25) is 0 Å². The Morgan fingerprint density at radius 2 is 1.75 bits per heavy atom. The molecule has 0 aliphatic heterocycles. The number of hydrogen-bond donors (Lipinski definition) is 0. The van der Waals surface area contributed by atoms with E-state index in [0.717, 1.165) is 37.7 Å². The molecule has 0 amide bonds. The molecule has 0 N–H and O–H groups in total. The van der Waals surface area contributed by atoms with Gasteiger partial charge in [-0.2, -0.15) is 0 Å². The monoisotopic (exact) mass is 386 g/mol. The predicted molar refractivity (Wildman–Crippen MR) is 107 cm³/mol. The second-order valence-electron chi connectivity index (χ2n) is 10.6. The first kappa shape index (κ1) is 19.7. The fraction of sp³-hybridized carbons (Fsp3) is 0.750. The quantitative estimate of drug-likeness (QED) is 0.496. The molecule has 0 saturated heterocycles. The lowest BCUT2D eigenvalue weighted by molar-refractivity contribution is -0.179. The van der Waals surface area contributed by atoms with E-state index in [-0.39, 0.29) is 46.3 Å². The summed E-state index contributed by atoms with van der Waals surface area (Å²) in [5.74, 6) is 0.152. The number of allylic oxidation sites excluding steroid dienone is 1. The minimum absolute atomic E-state index is 0.0475. The van der Waals surface area contributed by atoms with Gasteiger partial charge >= 0.3 is 11.9 Å². The molecule has 4 aliphatic carbocycles. The van der Waals surface area contributed by atoms with Crippen molar-refractivity contribution in [3.8, 4) is 0 Å². The van der Waals surface area contributed by atoms with Crippen molar-refractivity contribution in [1.82, 2.24) is 0 Å². The van der Waals surface area contributed by atoms with E-state index in [2.05, 4.69) is 33.4 Å². The Hall–Kier alpha value is -1.58. The molecule has 4 nitrogen and oxygen atoms in total. The van der Waals surface area contributed by atoms with Crippen LogP contribution in [-0.2, 0) is 19.1 Å². The smallest absolute Gasteiger partial charge is 0.303 e. The first-order chi connectivity index (χ1) is 13.0. The van der Waals surface area contributed by atoms with Gasteiger partial charge in [-0.15, -0.1) is 0 Å².